The van der Waals surface area contributed by atoms with Crippen molar-refractivity contribution in [3.63, 3.8) is 0 Å². The van der Waals surface area contributed by atoms with Gasteiger partial charge in [0.15, 0.2) is 0 Å². The fourth-order valence-corrected chi connectivity index (χ4v) is 4.01. The molecule has 0 aromatic heterocycles. The molecule has 0 aliphatic rings. The zero-order valence-electron chi connectivity index (χ0n) is 12.9. The minimum Gasteiger partial charge on any atom is -0.323 e. The van der Waals surface area contributed by atoms with E-state index in [1.807, 2.05) is 62.4 Å². The molecule has 21 heavy (non-hydrogen) atoms. The predicted octanol–water partition coefficient (Wildman–Crippen LogP) is 3.89. The van der Waals surface area contributed by atoms with E-state index >= 15 is 0 Å². The van der Waals surface area contributed by atoms with E-state index in [1.54, 1.807) is 0 Å². The Labute approximate surface area is 129 Å². The summed E-state index contributed by atoms with van der Waals surface area (Å²) >= 11 is 0. The van der Waals surface area contributed by atoms with Crippen LogP contribution in [0.4, 0.5) is 0 Å². The van der Waals surface area contributed by atoms with Crippen LogP contribution in [-0.4, -0.2) is 9.46 Å². The Hall–Kier alpha value is -1.45. The van der Waals surface area contributed by atoms with Crippen molar-refractivity contribution in [1.82, 2.24) is 0 Å². The van der Waals surface area contributed by atoms with Crippen molar-refractivity contribution in [3.8, 4) is 0 Å². The molecule has 0 radical (unpaired) electrons. The highest BCUT2D eigenvalue weighted by Crippen LogP contribution is 2.25. The van der Waals surface area contributed by atoms with Crippen LogP contribution >= 0.6 is 0 Å². The normalized spacial score (nSPS) is 15.4. The Morgan fingerprint density at radius 1 is 1.05 bits per heavy atom. The lowest BCUT2D eigenvalue weighted by atomic mass is 10.0. The van der Waals surface area contributed by atoms with Crippen LogP contribution in [0.3, 0.4) is 0 Å². The number of aryl methyl sites for hydroxylation is 2. The Morgan fingerprint density at radius 2 is 1.71 bits per heavy atom. The molecule has 3 atom stereocenters. The summed E-state index contributed by atoms with van der Waals surface area (Å²) < 4.78 is 12.9. The first-order valence-corrected chi connectivity index (χ1v) is 8.54. The zero-order valence-corrected chi connectivity index (χ0v) is 13.7. The van der Waals surface area contributed by atoms with Gasteiger partial charge in [0.2, 0.25) is 0 Å². The Bertz CT molecular complexity index is 624. The fraction of sp³-hybridized carbons (Fsp3) is 0.333. The van der Waals surface area contributed by atoms with Gasteiger partial charge >= 0.3 is 0 Å². The topological polar surface area (TPSA) is 43.1 Å². The third-order valence-electron chi connectivity index (χ3n) is 3.97. The summed E-state index contributed by atoms with van der Waals surface area (Å²) in [7, 11) is -1.10. The predicted molar refractivity (Wildman–Crippen MR) is 89.8 cm³/mol. The summed E-state index contributed by atoms with van der Waals surface area (Å²) in [6.45, 7) is 6.16. The van der Waals surface area contributed by atoms with Crippen molar-refractivity contribution in [2.45, 2.75) is 43.4 Å². The van der Waals surface area contributed by atoms with E-state index in [-0.39, 0.29) is 11.3 Å². The quantitative estimate of drug-likeness (QED) is 0.910. The fourth-order valence-electron chi connectivity index (χ4n) is 2.44. The first-order valence-electron chi connectivity index (χ1n) is 7.33. The average Bonchev–Trinajstić information content (AvgIpc) is 2.51. The van der Waals surface area contributed by atoms with Gasteiger partial charge in [-0.2, -0.15) is 0 Å². The van der Waals surface area contributed by atoms with E-state index in [4.69, 9.17) is 5.73 Å². The summed E-state index contributed by atoms with van der Waals surface area (Å²) in [5.41, 5.74) is 9.80. The van der Waals surface area contributed by atoms with Crippen LogP contribution in [0.15, 0.2) is 53.4 Å². The third-order valence-corrected chi connectivity index (χ3v) is 5.87. The first-order chi connectivity index (χ1) is 10.0. The van der Waals surface area contributed by atoms with Gasteiger partial charge in [-0.15, -0.1) is 0 Å². The minimum absolute atomic E-state index is 0.0745. The number of benzene rings is 2. The van der Waals surface area contributed by atoms with E-state index in [2.05, 4.69) is 6.92 Å². The van der Waals surface area contributed by atoms with Gasteiger partial charge in [-0.3, -0.25) is 4.21 Å². The second-order valence-electron chi connectivity index (χ2n) is 5.43. The lowest BCUT2D eigenvalue weighted by Crippen LogP contribution is -2.30. The molecule has 3 unspecified atom stereocenters. The molecule has 3 heteroatoms. The molecule has 2 N–H and O–H groups in total. The van der Waals surface area contributed by atoms with Gasteiger partial charge in [-0.25, -0.2) is 0 Å². The molecule has 112 valence electrons. The molecule has 2 nitrogen and oxygen atoms in total. The van der Waals surface area contributed by atoms with E-state index in [9.17, 15) is 4.21 Å². The molecule has 2 aromatic rings. The molecule has 0 saturated heterocycles. The van der Waals surface area contributed by atoms with Crippen LogP contribution < -0.4 is 5.73 Å². The standard InChI is InChI=1S/C18H23NOS/c1-4-17(18(19)15-8-6-5-7-9-15)21(20)16-11-10-13(2)14(3)12-16/h5-12,17-18H,4,19H2,1-3H3. The largest absolute Gasteiger partial charge is 0.323 e. The molecule has 0 saturated carbocycles. The molecule has 0 aliphatic heterocycles. The number of hydrogen-bond acceptors (Lipinski definition) is 2. The van der Waals surface area contributed by atoms with Crippen molar-refractivity contribution in [1.29, 1.82) is 0 Å². The van der Waals surface area contributed by atoms with E-state index in [0.717, 1.165) is 16.9 Å². The van der Waals surface area contributed by atoms with Gasteiger partial charge in [0.05, 0.1) is 16.0 Å². The highest BCUT2D eigenvalue weighted by molar-refractivity contribution is 7.85. The molecule has 0 amide bonds. The lowest BCUT2D eigenvalue weighted by molar-refractivity contribution is 0.612. The molecule has 0 fully saturated rings. The van der Waals surface area contributed by atoms with E-state index in [1.165, 1.54) is 11.1 Å². The minimum atomic E-state index is -1.10. The van der Waals surface area contributed by atoms with Gasteiger partial charge in [0.1, 0.15) is 0 Å². The summed E-state index contributed by atoms with van der Waals surface area (Å²) in [4.78, 5) is 0.872. The number of rotatable bonds is 5. The maximum Gasteiger partial charge on any atom is 0.0584 e. The summed E-state index contributed by atoms with van der Waals surface area (Å²) in [6.07, 6.45) is 0.787. The highest BCUT2D eigenvalue weighted by atomic mass is 32.2. The van der Waals surface area contributed by atoms with E-state index < -0.39 is 10.8 Å². The molecule has 0 bridgehead atoms. The van der Waals surface area contributed by atoms with Crippen molar-refractivity contribution in [2.24, 2.45) is 5.73 Å². The summed E-state index contributed by atoms with van der Waals surface area (Å²) in [5.74, 6) is 0. The Morgan fingerprint density at radius 3 is 2.29 bits per heavy atom. The van der Waals surface area contributed by atoms with Gasteiger partial charge in [0, 0.05) is 10.9 Å². The van der Waals surface area contributed by atoms with Gasteiger partial charge in [-0.1, -0.05) is 43.3 Å². The monoisotopic (exact) mass is 301 g/mol. The highest BCUT2D eigenvalue weighted by Gasteiger charge is 2.25. The van der Waals surface area contributed by atoms with Crippen LogP contribution in [-0.2, 0) is 10.8 Å². The van der Waals surface area contributed by atoms with Crippen molar-refractivity contribution < 1.29 is 4.21 Å². The first kappa shape index (κ1) is 15.9. The van der Waals surface area contributed by atoms with Crippen molar-refractivity contribution >= 4 is 10.8 Å². The molecule has 0 spiro atoms. The average molecular weight is 301 g/mol. The van der Waals surface area contributed by atoms with Crippen LogP contribution in [0.5, 0.6) is 0 Å². The molecule has 2 aromatic carbocycles. The van der Waals surface area contributed by atoms with Crippen molar-refractivity contribution in [2.75, 3.05) is 0 Å². The van der Waals surface area contributed by atoms with Crippen LogP contribution in [0.2, 0.25) is 0 Å². The van der Waals surface area contributed by atoms with Crippen LogP contribution in [0.25, 0.3) is 0 Å². The van der Waals surface area contributed by atoms with Gasteiger partial charge in [0.25, 0.3) is 0 Å². The van der Waals surface area contributed by atoms with Crippen molar-refractivity contribution in [3.05, 3.63) is 65.2 Å². The summed E-state index contributed by atoms with van der Waals surface area (Å²) in [5, 5.41) is -0.0745. The Kier molecular flexibility index (Phi) is 5.32. The smallest absolute Gasteiger partial charge is 0.0584 e. The van der Waals surface area contributed by atoms with Gasteiger partial charge in [-0.05, 0) is 49.1 Å². The maximum absolute atomic E-state index is 12.9. The second-order valence-corrected chi connectivity index (χ2v) is 7.10. The zero-order chi connectivity index (χ0) is 15.4. The van der Waals surface area contributed by atoms with Gasteiger partial charge < -0.3 is 5.73 Å². The molecular formula is C18H23NOS. The third kappa shape index (κ3) is 3.60. The van der Waals surface area contributed by atoms with Crippen LogP contribution in [0, 0.1) is 13.8 Å². The second kappa shape index (κ2) is 7.01. The molecular weight excluding hydrogens is 278 g/mol. The summed E-state index contributed by atoms with van der Waals surface area (Å²) in [6, 6.07) is 15.7. The number of hydrogen-bond donors (Lipinski definition) is 1. The molecule has 0 aliphatic carbocycles. The van der Waals surface area contributed by atoms with Crippen LogP contribution in [0.1, 0.15) is 36.1 Å². The molecule has 0 heterocycles. The SMILES string of the molecule is CCC(C(N)c1ccccc1)S(=O)c1ccc(C)c(C)c1. The van der Waals surface area contributed by atoms with E-state index in [0.29, 0.717) is 0 Å². The Balaban J connectivity index is 2.28. The maximum atomic E-state index is 12.9. The lowest BCUT2D eigenvalue weighted by Gasteiger charge is -2.23. The number of nitrogens with two attached hydrogens (primary N) is 1. The molecule has 2 rings (SSSR count).